The monoisotopic (exact) mass is 538 g/mol. The van der Waals surface area contributed by atoms with Crippen molar-refractivity contribution in [3.05, 3.63) is 76.0 Å². The minimum Gasteiger partial charge on any atom is -0.463 e. The molecule has 0 bridgehead atoms. The molecule has 0 saturated heterocycles. The smallest absolute Gasteiger partial charge is 0.350 e. The van der Waals surface area contributed by atoms with Gasteiger partial charge in [-0.05, 0) is 51.1 Å². The number of aliphatic imine (C=N–C) groups is 1. The van der Waals surface area contributed by atoms with Gasteiger partial charge in [0.25, 0.3) is 0 Å². The van der Waals surface area contributed by atoms with Crippen LogP contribution in [0.25, 0.3) is 5.69 Å². The Kier molecular flexibility index (Phi) is 7.16. The van der Waals surface area contributed by atoms with Crippen molar-refractivity contribution in [2.24, 2.45) is 4.99 Å². The van der Waals surface area contributed by atoms with E-state index in [1.54, 1.807) is 13.1 Å². The normalized spacial score (nSPS) is 14.9. The zero-order valence-corrected chi connectivity index (χ0v) is 21.7. The third-order valence-electron chi connectivity index (χ3n) is 5.68. The summed E-state index contributed by atoms with van der Waals surface area (Å²) in [6, 6.07) is 11.4. The van der Waals surface area contributed by atoms with Crippen molar-refractivity contribution < 1.29 is 19.1 Å². The summed E-state index contributed by atoms with van der Waals surface area (Å²) in [7, 11) is 0. The van der Waals surface area contributed by atoms with Gasteiger partial charge in [-0.1, -0.05) is 28.9 Å². The summed E-state index contributed by atoms with van der Waals surface area (Å²) in [4.78, 5) is 38.5. The molecule has 182 valence electrons. The average molecular weight is 539 g/mol. The fourth-order valence-electron chi connectivity index (χ4n) is 3.92. The molecule has 0 saturated carbocycles. The number of ether oxygens (including phenoxy) is 2. The molecule has 3 aromatic rings. The Balaban J connectivity index is 1.67. The molecule has 4 rings (SSSR count). The topological polar surface area (TPSA) is 95.7 Å². The predicted octanol–water partition coefficient (Wildman–Crippen LogP) is 4.90. The molecule has 0 aliphatic carbocycles. The lowest BCUT2D eigenvalue weighted by molar-refractivity contribution is -0.178. The molecule has 1 aliphatic rings. The summed E-state index contributed by atoms with van der Waals surface area (Å²) in [5.41, 5.74) is 2.96. The Labute approximate surface area is 212 Å². The van der Waals surface area contributed by atoms with Gasteiger partial charge in [-0.2, -0.15) is 0 Å². The maximum atomic E-state index is 12.6. The van der Waals surface area contributed by atoms with E-state index >= 15 is 0 Å². The van der Waals surface area contributed by atoms with Crippen LogP contribution in [0.15, 0.2) is 58.3 Å². The number of benzene rings is 1. The maximum absolute atomic E-state index is 12.6. The van der Waals surface area contributed by atoms with Crippen LogP contribution in [0.4, 0.5) is 0 Å². The van der Waals surface area contributed by atoms with Crippen LogP contribution in [0.1, 0.15) is 62.4 Å². The largest absolute Gasteiger partial charge is 0.463 e. The van der Waals surface area contributed by atoms with Crippen LogP contribution in [0, 0.1) is 6.92 Å². The van der Waals surface area contributed by atoms with Gasteiger partial charge in [-0.3, -0.25) is 19.3 Å². The molecule has 0 N–H and O–H groups in total. The van der Waals surface area contributed by atoms with E-state index in [1.807, 2.05) is 49.5 Å². The first-order chi connectivity index (χ1) is 16.7. The summed E-state index contributed by atoms with van der Waals surface area (Å²) < 4.78 is 13.7. The SMILES string of the molecule is CCC(=O)OC(C)(C)C(=O)OCC[C@@H]1N=C(c2ccccn2)c2cc(Br)ccc2-n2c(C)cnc21. The minimum atomic E-state index is -1.36. The standard InChI is InChI=1S/C26H27BrN4O4/c1-5-22(32)35-26(3,4)25(33)34-13-11-20-24-29-15-16(2)31(24)21-10-9-17(27)14-18(21)23(30-20)19-8-6-7-12-28-19/h6-10,12,14-15,20H,5,11,13H2,1-4H3/t20-/m0/s1. The van der Waals surface area contributed by atoms with Crippen LogP contribution in [-0.2, 0) is 19.1 Å². The second-order valence-electron chi connectivity index (χ2n) is 8.73. The molecule has 9 heteroatoms. The maximum Gasteiger partial charge on any atom is 0.350 e. The van der Waals surface area contributed by atoms with Crippen LogP contribution in [0.5, 0.6) is 0 Å². The van der Waals surface area contributed by atoms with E-state index in [9.17, 15) is 9.59 Å². The number of imidazole rings is 1. The van der Waals surface area contributed by atoms with E-state index < -0.39 is 17.5 Å². The first-order valence-corrected chi connectivity index (χ1v) is 12.2. The summed E-state index contributed by atoms with van der Waals surface area (Å²) in [6.45, 7) is 6.80. The lowest BCUT2D eigenvalue weighted by Crippen LogP contribution is -2.38. The third kappa shape index (κ3) is 5.19. The van der Waals surface area contributed by atoms with E-state index in [0.29, 0.717) is 6.42 Å². The highest BCUT2D eigenvalue weighted by atomic mass is 79.9. The molecule has 35 heavy (non-hydrogen) atoms. The van der Waals surface area contributed by atoms with Crippen molar-refractivity contribution in [1.82, 2.24) is 14.5 Å². The number of fused-ring (bicyclic) bond motifs is 3. The number of esters is 2. The van der Waals surface area contributed by atoms with Gasteiger partial charge in [-0.15, -0.1) is 0 Å². The van der Waals surface area contributed by atoms with Gasteiger partial charge in [0.05, 0.1) is 23.7 Å². The lowest BCUT2D eigenvalue weighted by Gasteiger charge is -2.23. The van der Waals surface area contributed by atoms with E-state index in [2.05, 4.69) is 30.5 Å². The van der Waals surface area contributed by atoms with Gasteiger partial charge in [-0.25, -0.2) is 9.78 Å². The highest BCUT2D eigenvalue weighted by molar-refractivity contribution is 9.10. The summed E-state index contributed by atoms with van der Waals surface area (Å²) >= 11 is 3.59. The molecule has 1 aliphatic heterocycles. The number of nitrogens with zero attached hydrogens (tertiary/aromatic N) is 4. The molecule has 8 nitrogen and oxygen atoms in total. The Morgan fingerprint density at radius 1 is 1.17 bits per heavy atom. The lowest BCUT2D eigenvalue weighted by atomic mass is 10.0. The molecule has 2 aromatic heterocycles. The Hall–Kier alpha value is -3.33. The number of hydrogen-bond acceptors (Lipinski definition) is 7. The molecule has 0 unspecified atom stereocenters. The van der Waals surface area contributed by atoms with Crippen molar-refractivity contribution in [3.8, 4) is 5.69 Å². The number of aryl methyl sites for hydroxylation is 1. The zero-order chi connectivity index (χ0) is 25.2. The van der Waals surface area contributed by atoms with Crippen LogP contribution in [0.3, 0.4) is 0 Å². The van der Waals surface area contributed by atoms with Gasteiger partial charge in [0.15, 0.2) is 0 Å². The Bertz CT molecular complexity index is 1280. The molecule has 0 spiro atoms. The van der Waals surface area contributed by atoms with Crippen LogP contribution < -0.4 is 0 Å². The fraction of sp³-hybridized carbons (Fsp3) is 0.346. The third-order valence-corrected chi connectivity index (χ3v) is 6.18. The van der Waals surface area contributed by atoms with E-state index in [-0.39, 0.29) is 19.1 Å². The molecule has 0 fully saturated rings. The first kappa shape index (κ1) is 24.8. The van der Waals surface area contributed by atoms with Crippen molar-refractivity contribution >= 4 is 33.6 Å². The van der Waals surface area contributed by atoms with E-state index in [1.165, 1.54) is 13.8 Å². The van der Waals surface area contributed by atoms with Crippen LogP contribution in [-0.4, -0.2) is 44.4 Å². The number of carbonyl (C=O) groups excluding carboxylic acids is 2. The second kappa shape index (κ2) is 10.1. The highest BCUT2D eigenvalue weighted by Crippen LogP contribution is 2.34. The van der Waals surface area contributed by atoms with Crippen molar-refractivity contribution in [2.45, 2.75) is 52.2 Å². The Morgan fingerprint density at radius 3 is 2.69 bits per heavy atom. The molecule has 1 atom stereocenters. The summed E-state index contributed by atoms with van der Waals surface area (Å²) in [5, 5.41) is 0. The van der Waals surface area contributed by atoms with Crippen LogP contribution >= 0.6 is 15.9 Å². The van der Waals surface area contributed by atoms with Gasteiger partial charge >= 0.3 is 11.9 Å². The molecular weight excluding hydrogens is 512 g/mol. The second-order valence-corrected chi connectivity index (χ2v) is 9.64. The Morgan fingerprint density at radius 2 is 1.97 bits per heavy atom. The van der Waals surface area contributed by atoms with Gasteiger partial charge in [0.1, 0.15) is 11.9 Å². The number of carbonyl (C=O) groups is 2. The van der Waals surface area contributed by atoms with E-state index in [4.69, 9.17) is 14.5 Å². The minimum absolute atomic E-state index is 0.0849. The highest BCUT2D eigenvalue weighted by Gasteiger charge is 2.34. The van der Waals surface area contributed by atoms with Gasteiger partial charge < -0.3 is 9.47 Å². The predicted molar refractivity (Wildman–Crippen MR) is 135 cm³/mol. The van der Waals surface area contributed by atoms with Crippen LogP contribution in [0.2, 0.25) is 0 Å². The molecule has 0 radical (unpaired) electrons. The summed E-state index contributed by atoms with van der Waals surface area (Å²) in [6.07, 6.45) is 4.13. The number of rotatable bonds is 7. The molecular formula is C26H27BrN4O4. The number of halogens is 1. The molecule has 3 heterocycles. The summed E-state index contributed by atoms with van der Waals surface area (Å²) in [5.74, 6) is -0.305. The number of pyridine rings is 1. The fourth-order valence-corrected chi connectivity index (χ4v) is 4.28. The number of aromatic nitrogens is 3. The van der Waals surface area contributed by atoms with Crippen molar-refractivity contribution in [1.29, 1.82) is 0 Å². The van der Waals surface area contributed by atoms with Crippen molar-refractivity contribution in [3.63, 3.8) is 0 Å². The molecule has 0 amide bonds. The number of hydrogen-bond donors (Lipinski definition) is 0. The quantitative estimate of drug-likeness (QED) is 0.397. The first-order valence-electron chi connectivity index (χ1n) is 11.4. The van der Waals surface area contributed by atoms with Gasteiger partial charge in [0, 0.05) is 41.0 Å². The van der Waals surface area contributed by atoms with Gasteiger partial charge in [0.2, 0.25) is 5.60 Å². The average Bonchev–Trinajstić information content (AvgIpc) is 3.15. The van der Waals surface area contributed by atoms with Crippen molar-refractivity contribution in [2.75, 3.05) is 6.61 Å². The zero-order valence-electron chi connectivity index (χ0n) is 20.1. The molecule has 1 aromatic carbocycles. The van der Waals surface area contributed by atoms with E-state index in [0.717, 1.165) is 38.6 Å².